The van der Waals surface area contributed by atoms with Crippen molar-refractivity contribution >= 4 is 5.97 Å². The largest absolute Gasteiger partial charge is 0.465 e. The fourth-order valence-corrected chi connectivity index (χ4v) is 1.20. The maximum absolute atomic E-state index is 11.2. The molecule has 5 nitrogen and oxygen atoms in total. The summed E-state index contributed by atoms with van der Waals surface area (Å²) < 4.78 is 4.59. The van der Waals surface area contributed by atoms with Gasteiger partial charge in [-0.05, 0) is 12.1 Å². The summed E-state index contributed by atoms with van der Waals surface area (Å²) in [7, 11) is 1.34. The molecular weight excluding hydrogens is 218 g/mol. The van der Waals surface area contributed by atoms with Crippen LogP contribution in [0.4, 0.5) is 0 Å². The summed E-state index contributed by atoms with van der Waals surface area (Å²) in [4.78, 5) is 22.2. The van der Waals surface area contributed by atoms with Gasteiger partial charge in [-0.3, -0.25) is 0 Å². The van der Waals surface area contributed by atoms with Crippen LogP contribution >= 0.6 is 0 Å². The second kappa shape index (κ2) is 6.42. The number of H-pyrrole nitrogens is 1. The zero-order chi connectivity index (χ0) is 12.7. The molecule has 0 atom stereocenters. The van der Waals surface area contributed by atoms with Gasteiger partial charge in [0.15, 0.2) is 5.82 Å². The Kier molecular flexibility index (Phi) is 4.87. The molecule has 2 aromatic rings. The van der Waals surface area contributed by atoms with Gasteiger partial charge < -0.3 is 9.72 Å². The molecule has 2 aromatic heterocycles. The highest BCUT2D eigenvalue weighted by molar-refractivity contribution is 5.90. The first-order valence-electron chi connectivity index (χ1n) is 5.35. The summed E-state index contributed by atoms with van der Waals surface area (Å²) in [6.45, 7) is 4.00. The molecule has 2 heterocycles. The number of carbonyl (C=O) groups is 1. The van der Waals surface area contributed by atoms with Crippen LogP contribution in [0.15, 0.2) is 30.7 Å². The average molecular weight is 233 g/mol. The Hall–Kier alpha value is -2.17. The van der Waals surface area contributed by atoms with Crippen molar-refractivity contribution in [1.82, 2.24) is 15.0 Å². The summed E-state index contributed by atoms with van der Waals surface area (Å²) in [5.74, 6) is 0.168. The lowest BCUT2D eigenvalue weighted by atomic mass is 10.3. The van der Waals surface area contributed by atoms with Crippen molar-refractivity contribution < 1.29 is 9.53 Å². The van der Waals surface area contributed by atoms with Crippen molar-refractivity contribution in [3.05, 3.63) is 36.3 Å². The fourth-order valence-electron chi connectivity index (χ4n) is 1.20. The fraction of sp³-hybridized carbons (Fsp3) is 0.250. The van der Waals surface area contributed by atoms with Crippen molar-refractivity contribution in [3.8, 4) is 11.5 Å². The molecule has 0 fully saturated rings. The van der Waals surface area contributed by atoms with E-state index in [1.165, 1.54) is 7.11 Å². The predicted molar refractivity (Wildman–Crippen MR) is 64.5 cm³/mol. The summed E-state index contributed by atoms with van der Waals surface area (Å²) in [6, 6.07) is 3.38. The summed E-state index contributed by atoms with van der Waals surface area (Å²) in [6.07, 6.45) is 4.85. The molecule has 2 rings (SSSR count). The lowest BCUT2D eigenvalue weighted by molar-refractivity contribution is 0.0601. The second-order valence-electron chi connectivity index (χ2n) is 2.87. The third-order valence-corrected chi connectivity index (χ3v) is 1.91. The maximum Gasteiger partial charge on any atom is 0.339 e. The van der Waals surface area contributed by atoms with Gasteiger partial charge in [0.05, 0.1) is 18.4 Å². The number of aromatic nitrogens is 3. The van der Waals surface area contributed by atoms with Crippen LogP contribution in [-0.4, -0.2) is 28.0 Å². The third-order valence-electron chi connectivity index (χ3n) is 1.91. The molecule has 0 aromatic carbocycles. The Morgan fingerprint density at radius 1 is 1.29 bits per heavy atom. The molecule has 0 saturated heterocycles. The van der Waals surface area contributed by atoms with E-state index in [9.17, 15) is 4.79 Å². The molecule has 0 amide bonds. The first-order valence-corrected chi connectivity index (χ1v) is 5.35. The molecule has 0 aliphatic carbocycles. The van der Waals surface area contributed by atoms with Crippen LogP contribution in [0.25, 0.3) is 11.5 Å². The van der Waals surface area contributed by atoms with Crippen molar-refractivity contribution in [2.45, 2.75) is 13.8 Å². The van der Waals surface area contributed by atoms with Gasteiger partial charge in [0.1, 0.15) is 0 Å². The Morgan fingerprint density at radius 2 is 1.94 bits per heavy atom. The lowest BCUT2D eigenvalue weighted by Crippen LogP contribution is -1.98. The third kappa shape index (κ3) is 3.14. The van der Waals surface area contributed by atoms with Crippen molar-refractivity contribution in [1.29, 1.82) is 0 Å². The zero-order valence-corrected chi connectivity index (χ0v) is 10.1. The molecule has 0 spiro atoms. The number of ether oxygens (including phenoxy) is 1. The minimum Gasteiger partial charge on any atom is -0.465 e. The zero-order valence-electron chi connectivity index (χ0n) is 10.1. The highest BCUT2D eigenvalue weighted by Crippen LogP contribution is 2.14. The highest BCUT2D eigenvalue weighted by Gasteiger charge is 2.09. The Bertz CT molecular complexity index is 466. The number of carbonyl (C=O) groups excluding carboxylic acids is 1. The first-order chi connectivity index (χ1) is 8.31. The molecule has 17 heavy (non-hydrogen) atoms. The second-order valence-corrected chi connectivity index (χ2v) is 2.87. The average Bonchev–Trinajstić information content (AvgIpc) is 2.91. The van der Waals surface area contributed by atoms with Gasteiger partial charge in [-0.1, -0.05) is 13.8 Å². The van der Waals surface area contributed by atoms with Crippen molar-refractivity contribution in [2.24, 2.45) is 0 Å². The molecule has 0 unspecified atom stereocenters. The van der Waals surface area contributed by atoms with Crippen LogP contribution in [0.2, 0.25) is 0 Å². The summed E-state index contributed by atoms with van der Waals surface area (Å²) in [5.41, 5.74) is 1.15. The number of nitrogens with zero attached hydrogens (tertiary/aromatic N) is 2. The van der Waals surface area contributed by atoms with E-state index < -0.39 is 0 Å². The normalized spacial score (nSPS) is 9.12. The van der Waals surface area contributed by atoms with Gasteiger partial charge >= 0.3 is 5.97 Å². The summed E-state index contributed by atoms with van der Waals surface area (Å²) in [5, 5.41) is 0. The predicted octanol–water partition coefficient (Wildman–Crippen LogP) is 2.28. The lowest BCUT2D eigenvalue weighted by Gasteiger charge is -1.93. The molecule has 90 valence electrons. The molecule has 0 bridgehead atoms. The van der Waals surface area contributed by atoms with Crippen LogP contribution < -0.4 is 0 Å². The molecule has 5 heteroatoms. The molecular formula is C12H15N3O2. The monoisotopic (exact) mass is 233 g/mol. The smallest absolute Gasteiger partial charge is 0.339 e. The minimum absolute atomic E-state index is 0.381. The van der Waals surface area contributed by atoms with Crippen molar-refractivity contribution in [3.63, 3.8) is 0 Å². The molecule has 0 aliphatic rings. The van der Waals surface area contributed by atoms with Crippen LogP contribution in [-0.2, 0) is 4.74 Å². The van der Waals surface area contributed by atoms with Gasteiger partial charge in [0, 0.05) is 18.6 Å². The molecule has 0 radical (unpaired) electrons. The van der Waals surface area contributed by atoms with Crippen LogP contribution in [0.5, 0.6) is 0 Å². The Balaban J connectivity index is 0.000000686. The van der Waals surface area contributed by atoms with Crippen molar-refractivity contribution in [2.75, 3.05) is 7.11 Å². The molecule has 0 saturated carbocycles. The van der Waals surface area contributed by atoms with E-state index in [-0.39, 0.29) is 5.97 Å². The highest BCUT2D eigenvalue weighted by atomic mass is 16.5. The number of rotatable bonds is 2. The van der Waals surface area contributed by atoms with E-state index in [0.29, 0.717) is 17.1 Å². The number of esters is 1. The van der Waals surface area contributed by atoms with E-state index in [1.807, 2.05) is 13.8 Å². The minimum atomic E-state index is -0.381. The van der Waals surface area contributed by atoms with Crippen LogP contribution in [0.1, 0.15) is 24.2 Å². The molecule has 0 aliphatic heterocycles. The van der Waals surface area contributed by atoms with Gasteiger partial charge in [-0.15, -0.1) is 0 Å². The number of nitrogens with one attached hydrogen (secondary N) is 1. The van der Waals surface area contributed by atoms with Gasteiger partial charge in [0.25, 0.3) is 0 Å². The van der Waals surface area contributed by atoms with E-state index in [1.54, 1.807) is 30.7 Å². The van der Waals surface area contributed by atoms with E-state index >= 15 is 0 Å². The summed E-state index contributed by atoms with van der Waals surface area (Å²) >= 11 is 0. The van der Waals surface area contributed by atoms with Crippen LogP contribution in [0, 0.1) is 0 Å². The van der Waals surface area contributed by atoms with E-state index in [0.717, 1.165) is 0 Å². The standard InChI is InChI=1S/C10H9N3O2.C2H6/c1-15-10(14)7-5-8(13-6-7)9-11-3-2-4-12-9;1-2/h2-6,13H,1H3;1-2H3. The number of aromatic amines is 1. The van der Waals surface area contributed by atoms with E-state index in [2.05, 4.69) is 19.7 Å². The quantitative estimate of drug-likeness (QED) is 0.808. The number of hydrogen-bond acceptors (Lipinski definition) is 4. The van der Waals surface area contributed by atoms with Crippen LogP contribution in [0.3, 0.4) is 0 Å². The molecule has 1 N–H and O–H groups in total. The number of hydrogen-bond donors (Lipinski definition) is 1. The SMILES string of the molecule is CC.COC(=O)c1c[nH]c(-c2ncccn2)c1. The maximum atomic E-state index is 11.2. The topological polar surface area (TPSA) is 67.9 Å². The van der Waals surface area contributed by atoms with Gasteiger partial charge in [-0.2, -0.15) is 0 Å². The first kappa shape index (κ1) is 12.9. The number of methoxy groups -OCH3 is 1. The van der Waals surface area contributed by atoms with Gasteiger partial charge in [0.2, 0.25) is 0 Å². The van der Waals surface area contributed by atoms with E-state index in [4.69, 9.17) is 0 Å². The van der Waals surface area contributed by atoms with Gasteiger partial charge in [-0.25, -0.2) is 14.8 Å². The Labute approximate surface area is 99.9 Å². The Morgan fingerprint density at radius 3 is 2.53 bits per heavy atom.